The number of H-pyrrole nitrogens is 1. The van der Waals surface area contributed by atoms with E-state index in [1.165, 1.54) is 18.5 Å². The van der Waals surface area contributed by atoms with Crippen molar-refractivity contribution in [2.24, 2.45) is 0 Å². The topological polar surface area (TPSA) is 99.3 Å². The molecule has 1 aliphatic heterocycles. The minimum atomic E-state index is -0.502. The highest BCUT2D eigenvalue weighted by molar-refractivity contribution is 5.68. The van der Waals surface area contributed by atoms with E-state index < -0.39 is 5.60 Å². The molecule has 2 N–H and O–H groups in total. The molecule has 1 saturated carbocycles. The molecule has 2 aromatic heterocycles. The summed E-state index contributed by atoms with van der Waals surface area (Å²) in [4.78, 5) is 25.2. The second kappa shape index (κ2) is 7.53. The number of hydrogen-bond donors (Lipinski definition) is 2. The summed E-state index contributed by atoms with van der Waals surface area (Å²) in [7, 11) is 1.79. The van der Waals surface area contributed by atoms with Gasteiger partial charge in [-0.2, -0.15) is 10.1 Å². The van der Waals surface area contributed by atoms with Gasteiger partial charge in [-0.15, -0.1) is 0 Å². The lowest BCUT2D eigenvalue weighted by Crippen LogP contribution is -2.42. The number of aromatic amines is 1. The van der Waals surface area contributed by atoms with Crippen molar-refractivity contribution >= 4 is 23.7 Å². The van der Waals surface area contributed by atoms with Crippen LogP contribution < -0.4 is 10.2 Å². The second-order valence-corrected chi connectivity index (χ2v) is 8.83. The molecule has 0 radical (unpaired) electrons. The molecular weight excluding hydrogens is 370 g/mol. The fourth-order valence-electron chi connectivity index (χ4n) is 3.43. The highest BCUT2D eigenvalue weighted by atomic mass is 16.6. The molecule has 0 bridgehead atoms. The predicted octanol–water partition coefficient (Wildman–Crippen LogP) is 3.27. The minimum Gasteiger partial charge on any atom is -0.444 e. The maximum absolute atomic E-state index is 12.3. The van der Waals surface area contributed by atoms with Gasteiger partial charge < -0.3 is 19.9 Å². The first-order valence-corrected chi connectivity index (χ1v) is 10.1. The Hall–Kier alpha value is -2.84. The monoisotopic (exact) mass is 399 g/mol. The molecule has 2 aromatic rings. The summed E-state index contributed by atoms with van der Waals surface area (Å²) in [5, 5.41) is 10.6. The van der Waals surface area contributed by atoms with E-state index in [0.29, 0.717) is 24.2 Å². The molecule has 4 rings (SSSR count). The molecule has 2 fully saturated rings. The van der Waals surface area contributed by atoms with Crippen molar-refractivity contribution in [2.45, 2.75) is 57.6 Å². The SMILES string of the molecule is CN(C(=O)OC(C)(C)C)[C@H]1CCN(c2nccc(Nc3cc(C4CC4)[nH]n3)n2)C1. The summed E-state index contributed by atoms with van der Waals surface area (Å²) in [5.41, 5.74) is 0.674. The normalized spacial score (nSPS) is 19.3. The van der Waals surface area contributed by atoms with Crippen LogP contribution in [0.1, 0.15) is 51.6 Å². The molecule has 2 aliphatic rings. The van der Waals surface area contributed by atoms with Crippen LogP contribution in [0.3, 0.4) is 0 Å². The molecule has 156 valence electrons. The Morgan fingerprint density at radius 3 is 2.83 bits per heavy atom. The highest BCUT2D eigenvalue weighted by Gasteiger charge is 2.32. The summed E-state index contributed by atoms with van der Waals surface area (Å²) in [5.74, 6) is 2.74. The Bertz CT molecular complexity index is 872. The number of anilines is 3. The Kier molecular flexibility index (Phi) is 5.06. The van der Waals surface area contributed by atoms with E-state index in [4.69, 9.17) is 4.74 Å². The van der Waals surface area contributed by atoms with Crippen LogP contribution in [-0.4, -0.2) is 62.9 Å². The summed E-state index contributed by atoms with van der Waals surface area (Å²) < 4.78 is 5.48. The average molecular weight is 399 g/mol. The summed E-state index contributed by atoms with van der Waals surface area (Å²) in [6, 6.07) is 3.94. The van der Waals surface area contributed by atoms with Crippen molar-refractivity contribution in [3.63, 3.8) is 0 Å². The number of nitrogens with one attached hydrogen (secondary N) is 2. The van der Waals surface area contributed by atoms with Crippen molar-refractivity contribution in [2.75, 3.05) is 30.4 Å². The largest absolute Gasteiger partial charge is 0.444 e. The number of carbonyl (C=O) groups is 1. The first-order chi connectivity index (χ1) is 13.8. The smallest absolute Gasteiger partial charge is 0.410 e. The molecule has 3 heterocycles. The van der Waals surface area contributed by atoms with Crippen molar-refractivity contribution in [1.82, 2.24) is 25.1 Å². The first kappa shape index (κ1) is 19.5. The number of ether oxygens (including phenoxy) is 1. The molecule has 0 spiro atoms. The maximum Gasteiger partial charge on any atom is 0.410 e. The number of aromatic nitrogens is 4. The zero-order chi connectivity index (χ0) is 20.6. The van der Waals surface area contributed by atoms with Crippen molar-refractivity contribution < 1.29 is 9.53 Å². The van der Waals surface area contributed by atoms with Gasteiger partial charge in [0.1, 0.15) is 11.4 Å². The lowest BCUT2D eigenvalue weighted by molar-refractivity contribution is 0.0238. The number of carbonyl (C=O) groups excluding carboxylic acids is 1. The van der Waals surface area contributed by atoms with Crippen molar-refractivity contribution in [1.29, 1.82) is 0 Å². The van der Waals surface area contributed by atoms with E-state index in [0.717, 1.165) is 18.8 Å². The van der Waals surface area contributed by atoms with Crippen LogP contribution in [-0.2, 0) is 4.74 Å². The number of hydrogen-bond acceptors (Lipinski definition) is 7. The van der Waals surface area contributed by atoms with Crippen LogP contribution in [0.25, 0.3) is 0 Å². The molecule has 9 heteroatoms. The third-order valence-corrected chi connectivity index (χ3v) is 5.19. The predicted molar refractivity (Wildman–Crippen MR) is 110 cm³/mol. The maximum atomic E-state index is 12.3. The van der Waals surface area contributed by atoms with Gasteiger partial charge in [-0.1, -0.05) is 0 Å². The number of likely N-dealkylation sites (N-methyl/N-ethyl adjacent to an activating group) is 1. The summed E-state index contributed by atoms with van der Waals surface area (Å²) in [6.07, 6.45) is 4.75. The van der Waals surface area contributed by atoms with E-state index >= 15 is 0 Å². The van der Waals surface area contributed by atoms with E-state index in [1.807, 2.05) is 32.9 Å². The van der Waals surface area contributed by atoms with Crippen molar-refractivity contribution in [3.05, 3.63) is 24.0 Å². The van der Waals surface area contributed by atoms with Gasteiger partial charge in [0.2, 0.25) is 5.95 Å². The fraction of sp³-hybridized carbons (Fsp3) is 0.600. The zero-order valence-corrected chi connectivity index (χ0v) is 17.5. The van der Waals surface area contributed by atoms with Gasteiger partial charge >= 0.3 is 6.09 Å². The Morgan fingerprint density at radius 1 is 1.31 bits per heavy atom. The van der Waals surface area contributed by atoms with Gasteiger partial charge in [0, 0.05) is 44.0 Å². The zero-order valence-electron chi connectivity index (χ0n) is 17.5. The van der Waals surface area contributed by atoms with Gasteiger partial charge in [-0.3, -0.25) is 5.10 Å². The van der Waals surface area contributed by atoms with Crippen LogP contribution in [0, 0.1) is 0 Å². The highest BCUT2D eigenvalue weighted by Crippen LogP contribution is 2.39. The molecule has 1 atom stereocenters. The molecule has 1 aliphatic carbocycles. The number of amides is 1. The van der Waals surface area contributed by atoms with Crippen LogP contribution in [0.2, 0.25) is 0 Å². The van der Waals surface area contributed by atoms with Gasteiger partial charge in [0.15, 0.2) is 5.82 Å². The Labute approximate surface area is 170 Å². The van der Waals surface area contributed by atoms with Gasteiger partial charge in [-0.25, -0.2) is 9.78 Å². The summed E-state index contributed by atoms with van der Waals surface area (Å²) >= 11 is 0. The van der Waals surface area contributed by atoms with Gasteiger partial charge in [0.25, 0.3) is 0 Å². The Morgan fingerprint density at radius 2 is 2.10 bits per heavy atom. The van der Waals surface area contributed by atoms with E-state index in [9.17, 15) is 4.79 Å². The number of nitrogens with zero attached hydrogens (tertiary/aromatic N) is 5. The lowest BCUT2D eigenvalue weighted by Gasteiger charge is -2.28. The van der Waals surface area contributed by atoms with Crippen LogP contribution in [0.15, 0.2) is 18.3 Å². The van der Waals surface area contributed by atoms with Crippen LogP contribution >= 0.6 is 0 Å². The van der Waals surface area contributed by atoms with E-state index in [-0.39, 0.29) is 12.1 Å². The fourth-order valence-corrected chi connectivity index (χ4v) is 3.43. The molecule has 1 amide bonds. The second-order valence-electron chi connectivity index (χ2n) is 8.83. The molecule has 9 nitrogen and oxygen atoms in total. The average Bonchev–Trinajstić information content (AvgIpc) is 3.21. The minimum absolute atomic E-state index is 0.0671. The molecule has 1 saturated heterocycles. The van der Waals surface area contributed by atoms with Crippen molar-refractivity contribution in [3.8, 4) is 0 Å². The lowest BCUT2D eigenvalue weighted by atomic mass is 10.2. The third-order valence-electron chi connectivity index (χ3n) is 5.19. The van der Waals surface area contributed by atoms with Gasteiger partial charge in [0.05, 0.1) is 6.04 Å². The van der Waals surface area contributed by atoms with Gasteiger partial charge in [-0.05, 0) is 46.1 Å². The molecular formula is C20H29N7O2. The summed E-state index contributed by atoms with van der Waals surface area (Å²) in [6.45, 7) is 7.08. The van der Waals surface area contributed by atoms with Crippen LogP contribution in [0.5, 0.6) is 0 Å². The van der Waals surface area contributed by atoms with E-state index in [1.54, 1.807) is 18.1 Å². The first-order valence-electron chi connectivity index (χ1n) is 10.1. The molecule has 0 unspecified atom stereocenters. The quantitative estimate of drug-likeness (QED) is 0.796. The Balaban J connectivity index is 1.37. The standard InChI is InChI=1S/C20H29N7O2/c1-20(2,3)29-19(28)26(4)14-8-10-27(12-14)18-21-9-7-16(23-18)22-17-11-15(24-25-17)13-5-6-13/h7,9,11,13-14H,5-6,8,10,12H2,1-4H3,(H2,21,22,23,24,25)/t14-/m0/s1. The van der Waals surface area contributed by atoms with E-state index in [2.05, 4.69) is 30.4 Å². The van der Waals surface area contributed by atoms with Crippen LogP contribution in [0.4, 0.5) is 22.4 Å². The number of rotatable bonds is 5. The molecule has 29 heavy (non-hydrogen) atoms. The molecule has 0 aromatic carbocycles. The third kappa shape index (κ3) is 4.78.